The summed E-state index contributed by atoms with van der Waals surface area (Å²) in [7, 11) is 0. The van der Waals surface area contributed by atoms with E-state index in [1.165, 1.54) is 0 Å². The van der Waals surface area contributed by atoms with Crippen molar-refractivity contribution in [2.24, 2.45) is 5.92 Å². The van der Waals surface area contributed by atoms with Crippen LogP contribution in [0.2, 0.25) is 0 Å². The quantitative estimate of drug-likeness (QED) is 0.872. The van der Waals surface area contributed by atoms with Crippen LogP contribution in [0.5, 0.6) is 0 Å². The van der Waals surface area contributed by atoms with Gasteiger partial charge in [-0.05, 0) is 49.1 Å². The Morgan fingerprint density at radius 1 is 1.27 bits per heavy atom. The number of carbonyl (C=O) groups is 1. The topological polar surface area (TPSA) is 61.9 Å². The van der Waals surface area contributed by atoms with Gasteiger partial charge in [-0.25, -0.2) is 0 Å². The summed E-state index contributed by atoms with van der Waals surface area (Å²) in [4.78, 5) is 14.4. The van der Waals surface area contributed by atoms with Gasteiger partial charge in [0.15, 0.2) is 0 Å². The molecule has 0 radical (unpaired) electrons. The molecular formula is C17H18N4O. The van der Waals surface area contributed by atoms with Crippen molar-refractivity contribution in [1.29, 1.82) is 5.26 Å². The summed E-state index contributed by atoms with van der Waals surface area (Å²) in [6.07, 6.45) is 5.78. The highest BCUT2D eigenvalue weighted by molar-refractivity contribution is 5.94. The lowest BCUT2D eigenvalue weighted by atomic mass is 9.96. The van der Waals surface area contributed by atoms with Gasteiger partial charge in [-0.15, -0.1) is 0 Å². The van der Waals surface area contributed by atoms with E-state index in [1.807, 2.05) is 21.8 Å². The number of aromatic nitrogens is 2. The highest BCUT2D eigenvalue weighted by Crippen LogP contribution is 2.20. The largest absolute Gasteiger partial charge is 0.339 e. The Bertz CT molecular complexity index is 662. The Balaban J connectivity index is 1.56. The molecular weight excluding hydrogens is 276 g/mol. The molecule has 0 bridgehead atoms. The fourth-order valence-electron chi connectivity index (χ4n) is 2.86. The molecule has 2 aromatic rings. The molecule has 1 aliphatic rings. The number of piperidine rings is 1. The number of hydrogen-bond donors (Lipinski definition) is 0. The molecule has 5 nitrogen and oxygen atoms in total. The maximum Gasteiger partial charge on any atom is 0.253 e. The zero-order chi connectivity index (χ0) is 15.4. The van der Waals surface area contributed by atoms with Gasteiger partial charge in [-0.1, -0.05) is 0 Å². The summed E-state index contributed by atoms with van der Waals surface area (Å²) < 4.78 is 1.96. The second kappa shape index (κ2) is 6.44. The van der Waals surface area contributed by atoms with Gasteiger partial charge in [-0.3, -0.25) is 9.48 Å². The van der Waals surface area contributed by atoms with Crippen LogP contribution in [0, 0.1) is 17.2 Å². The first-order valence-electron chi connectivity index (χ1n) is 7.53. The van der Waals surface area contributed by atoms with Gasteiger partial charge in [0.05, 0.1) is 11.6 Å². The van der Waals surface area contributed by atoms with Crippen LogP contribution >= 0.6 is 0 Å². The van der Waals surface area contributed by atoms with Crippen molar-refractivity contribution in [3.8, 4) is 6.07 Å². The van der Waals surface area contributed by atoms with E-state index in [-0.39, 0.29) is 5.91 Å². The molecule has 1 aromatic carbocycles. The van der Waals surface area contributed by atoms with E-state index in [1.54, 1.807) is 30.5 Å². The Labute approximate surface area is 129 Å². The monoisotopic (exact) mass is 294 g/mol. The first kappa shape index (κ1) is 14.3. The molecule has 1 aliphatic heterocycles. The predicted octanol–water partition coefficient (Wildman–Crippen LogP) is 2.31. The number of amides is 1. The van der Waals surface area contributed by atoms with Gasteiger partial charge < -0.3 is 4.90 Å². The van der Waals surface area contributed by atoms with Crippen LogP contribution in [-0.4, -0.2) is 33.7 Å². The highest BCUT2D eigenvalue weighted by Gasteiger charge is 2.23. The van der Waals surface area contributed by atoms with E-state index in [0.29, 0.717) is 17.0 Å². The lowest BCUT2D eigenvalue weighted by Gasteiger charge is -2.32. The standard InChI is InChI=1S/C17H18N4O/c18-12-14-2-4-16(5-3-14)17(22)20-10-6-15(7-11-20)13-21-9-1-8-19-21/h1-5,8-9,15H,6-7,10-11,13H2. The number of hydrogen-bond acceptors (Lipinski definition) is 3. The van der Waals surface area contributed by atoms with Gasteiger partial charge in [-0.2, -0.15) is 10.4 Å². The van der Waals surface area contributed by atoms with Crippen molar-refractivity contribution >= 4 is 5.91 Å². The van der Waals surface area contributed by atoms with Crippen LogP contribution in [0.25, 0.3) is 0 Å². The summed E-state index contributed by atoms with van der Waals surface area (Å²) in [5, 5.41) is 13.0. The minimum absolute atomic E-state index is 0.0574. The zero-order valence-electron chi connectivity index (χ0n) is 12.4. The van der Waals surface area contributed by atoms with Crippen LogP contribution in [-0.2, 0) is 6.54 Å². The minimum atomic E-state index is 0.0574. The van der Waals surface area contributed by atoms with Gasteiger partial charge in [0.25, 0.3) is 5.91 Å². The van der Waals surface area contributed by atoms with Gasteiger partial charge in [0, 0.05) is 37.6 Å². The SMILES string of the molecule is N#Cc1ccc(C(=O)N2CCC(Cn3cccn3)CC2)cc1. The average Bonchev–Trinajstić information content (AvgIpc) is 3.08. The third-order valence-corrected chi connectivity index (χ3v) is 4.17. The summed E-state index contributed by atoms with van der Waals surface area (Å²) in [5.41, 5.74) is 1.24. The van der Waals surface area contributed by atoms with Crippen LogP contribution < -0.4 is 0 Å². The number of carbonyl (C=O) groups excluding carboxylic acids is 1. The maximum absolute atomic E-state index is 12.4. The third kappa shape index (κ3) is 3.17. The second-order valence-electron chi connectivity index (χ2n) is 5.65. The highest BCUT2D eigenvalue weighted by atomic mass is 16.2. The zero-order valence-corrected chi connectivity index (χ0v) is 12.4. The Kier molecular flexibility index (Phi) is 4.19. The van der Waals surface area contributed by atoms with E-state index in [2.05, 4.69) is 11.2 Å². The molecule has 112 valence electrons. The number of nitriles is 1. The van der Waals surface area contributed by atoms with Crippen molar-refractivity contribution in [2.45, 2.75) is 19.4 Å². The molecule has 1 aromatic heterocycles. The Morgan fingerprint density at radius 2 is 2.00 bits per heavy atom. The van der Waals surface area contributed by atoms with Crippen molar-refractivity contribution in [3.05, 3.63) is 53.9 Å². The van der Waals surface area contributed by atoms with Crippen molar-refractivity contribution in [1.82, 2.24) is 14.7 Å². The number of likely N-dealkylation sites (tertiary alicyclic amines) is 1. The third-order valence-electron chi connectivity index (χ3n) is 4.17. The summed E-state index contributed by atoms with van der Waals surface area (Å²) in [5.74, 6) is 0.631. The minimum Gasteiger partial charge on any atom is -0.339 e. The molecule has 1 fully saturated rings. The molecule has 0 unspecified atom stereocenters. The van der Waals surface area contributed by atoms with Crippen LogP contribution in [0.4, 0.5) is 0 Å². The molecule has 0 saturated carbocycles. The number of benzene rings is 1. The summed E-state index contributed by atoms with van der Waals surface area (Å²) in [6.45, 7) is 2.49. The Morgan fingerprint density at radius 3 is 2.59 bits per heavy atom. The normalized spacial score (nSPS) is 15.5. The van der Waals surface area contributed by atoms with Gasteiger partial charge in [0.1, 0.15) is 0 Å². The van der Waals surface area contributed by atoms with Crippen molar-refractivity contribution in [3.63, 3.8) is 0 Å². The summed E-state index contributed by atoms with van der Waals surface area (Å²) in [6, 6.07) is 10.9. The number of nitrogens with zero attached hydrogens (tertiary/aromatic N) is 4. The number of rotatable bonds is 3. The molecule has 1 saturated heterocycles. The van der Waals surface area contributed by atoms with Crippen LogP contribution in [0.15, 0.2) is 42.7 Å². The molecule has 0 aliphatic carbocycles. The first-order chi connectivity index (χ1) is 10.8. The van der Waals surface area contributed by atoms with Crippen LogP contribution in [0.3, 0.4) is 0 Å². The molecule has 0 atom stereocenters. The van der Waals surface area contributed by atoms with Gasteiger partial charge in [0.2, 0.25) is 0 Å². The molecule has 2 heterocycles. The first-order valence-corrected chi connectivity index (χ1v) is 7.53. The van der Waals surface area contributed by atoms with E-state index in [9.17, 15) is 4.79 Å². The fourth-order valence-corrected chi connectivity index (χ4v) is 2.86. The fraction of sp³-hybridized carbons (Fsp3) is 0.353. The van der Waals surface area contributed by atoms with E-state index >= 15 is 0 Å². The molecule has 1 amide bonds. The van der Waals surface area contributed by atoms with E-state index < -0.39 is 0 Å². The molecule has 0 spiro atoms. The molecule has 3 rings (SSSR count). The van der Waals surface area contributed by atoms with Crippen LogP contribution in [0.1, 0.15) is 28.8 Å². The van der Waals surface area contributed by atoms with Crippen molar-refractivity contribution in [2.75, 3.05) is 13.1 Å². The predicted molar refractivity (Wildman–Crippen MR) is 82.0 cm³/mol. The molecule has 22 heavy (non-hydrogen) atoms. The van der Waals surface area contributed by atoms with E-state index in [0.717, 1.165) is 32.5 Å². The van der Waals surface area contributed by atoms with E-state index in [4.69, 9.17) is 5.26 Å². The average molecular weight is 294 g/mol. The summed E-state index contributed by atoms with van der Waals surface area (Å²) >= 11 is 0. The van der Waals surface area contributed by atoms with Crippen molar-refractivity contribution < 1.29 is 4.79 Å². The molecule has 0 N–H and O–H groups in total. The lowest BCUT2D eigenvalue weighted by molar-refractivity contribution is 0.0681. The smallest absolute Gasteiger partial charge is 0.253 e. The molecule has 5 heteroatoms. The maximum atomic E-state index is 12.4. The Hall–Kier alpha value is -2.61. The van der Waals surface area contributed by atoms with Gasteiger partial charge >= 0.3 is 0 Å². The lowest BCUT2D eigenvalue weighted by Crippen LogP contribution is -2.39. The second-order valence-corrected chi connectivity index (χ2v) is 5.65.